The minimum atomic E-state index is 0.878. The Morgan fingerprint density at radius 1 is 1.26 bits per heavy atom. The van der Waals surface area contributed by atoms with E-state index in [1.165, 1.54) is 5.56 Å². The van der Waals surface area contributed by atoms with Crippen LogP contribution in [0.3, 0.4) is 0 Å². The third-order valence-electron chi connectivity index (χ3n) is 2.96. The molecule has 1 N–H and O–H groups in total. The summed E-state index contributed by atoms with van der Waals surface area (Å²) in [4.78, 5) is 4.69. The van der Waals surface area contributed by atoms with Gasteiger partial charge in [-0.1, -0.05) is 20.3 Å². The normalized spacial score (nSPS) is 10.9. The molecule has 0 aromatic carbocycles. The summed E-state index contributed by atoms with van der Waals surface area (Å²) in [6, 6.07) is 4.29. The van der Waals surface area contributed by atoms with Crippen molar-refractivity contribution in [2.24, 2.45) is 0 Å². The van der Waals surface area contributed by atoms with Crippen molar-refractivity contribution < 1.29 is 0 Å². The van der Waals surface area contributed by atoms with Crippen LogP contribution in [0.2, 0.25) is 0 Å². The number of hydrogen-bond acceptors (Lipinski definition) is 3. The summed E-state index contributed by atoms with van der Waals surface area (Å²) in [6.07, 6.45) is 5.98. The summed E-state index contributed by atoms with van der Waals surface area (Å²) in [5.41, 5.74) is 3.56. The molecule has 102 valence electrons. The molecule has 0 radical (unpaired) electrons. The molecule has 0 bridgehead atoms. The summed E-state index contributed by atoms with van der Waals surface area (Å²) in [6.45, 7) is 8.19. The molecule has 0 saturated carbocycles. The second kappa shape index (κ2) is 6.48. The predicted molar refractivity (Wildman–Crippen MR) is 77.5 cm³/mol. The molecule has 4 nitrogen and oxygen atoms in total. The van der Waals surface area contributed by atoms with E-state index in [2.05, 4.69) is 41.4 Å². The maximum atomic E-state index is 4.69. The van der Waals surface area contributed by atoms with Gasteiger partial charge in [0.2, 0.25) is 0 Å². The molecule has 2 aromatic heterocycles. The molecule has 0 saturated heterocycles. The number of aromatic nitrogens is 3. The highest BCUT2D eigenvalue weighted by molar-refractivity contribution is 5.31. The van der Waals surface area contributed by atoms with Gasteiger partial charge in [-0.15, -0.1) is 0 Å². The van der Waals surface area contributed by atoms with Crippen LogP contribution in [0.5, 0.6) is 0 Å². The van der Waals surface area contributed by atoms with Crippen LogP contribution in [0.4, 0.5) is 0 Å². The van der Waals surface area contributed by atoms with E-state index in [1.54, 1.807) is 0 Å². The Morgan fingerprint density at radius 2 is 2.11 bits per heavy atom. The zero-order valence-electron chi connectivity index (χ0n) is 12.0. The lowest BCUT2D eigenvalue weighted by Crippen LogP contribution is -2.13. The zero-order valence-corrected chi connectivity index (χ0v) is 12.0. The third kappa shape index (κ3) is 3.64. The highest BCUT2D eigenvalue weighted by atomic mass is 15.3. The molecular weight excluding hydrogens is 236 g/mol. The maximum Gasteiger partial charge on any atom is 0.153 e. The van der Waals surface area contributed by atoms with Gasteiger partial charge in [0.15, 0.2) is 5.82 Å². The van der Waals surface area contributed by atoms with Crippen molar-refractivity contribution in [3.8, 4) is 5.82 Å². The summed E-state index contributed by atoms with van der Waals surface area (Å²) in [7, 11) is 0. The number of pyridine rings is 1. The van der Waals surface area contributed by atoms with Gasteiger partial charge in [0.05, 0.1) is 6.20 Å². The fourth-order valence-electron chi connectivity index (χ4n) is 2.04. The van der Waals surface area contributed by atoms with Crippen molar-refractivity contribution in [1.29, 1.82) is 0 Å². The summed E-state index contributed by atoms with van der Waals surface area (Å²) >= 11 is 0. The number of aryl methyl sites for hydroxylation is 2. The molecule has 0 aliphatic carbocycles. The first-order chi connectivity index (χ1) is 9.22. The van der Waals surface area contributed by atoms with Crippen molar-refractivity contribution in [3.63, 3.8) is 0 Å². The molecule has 2 rings (SSSR count). The highest BCUT2D eigenvalue weighted by Gasteiger charge is 2.05. The van der Waals surface area contributed by atoms with Crippen molar-refractivity contribution in [3.05, 3.63) is 41.3 Å². The van der Waals surface area contributed by atoms with Gasteiger partial charge in [0.1, 0.15) is 0 Å². The van der Waals surface area contributed by atoms with Crippen LogP contribution in [0.25, 0.3) is 5.82 Å². The Balaban J connectivity index is 2.33. The summed E-state index contributed by atoms with van der Waals surface area (Å²) in [5, 5.41) is 7.70. The van der Waals surface area contributed by atoms with Gasteiger partial charge in [-0.05, 0) is 43.1 Å². The molecule has 2 heterocycles. The van der Waals surface area contributed by atoms with Gasteiger partial charge in [0.25, 0.3) is 0 Å². The Bertz CT molecular complexity index is 531. The molecule has 2 aromatic rings. The fraction of sp³-hybridized carbons (Fsp3) is 0.467. The minimum absolute atomic E-state index is 0.878. The lowest BCUT2D eigenvalue weighted by Gasteiger charge is -2.09. The number of nitrogens with zero attached hydrogens (tertiary/aromatic N) is 3. The number of nitrogens with one attached hydrogen (secondary N) is 1. The molecule has 0 spiro atoms. The van der Waals surface area contributed by atoms with E-state index in [4.69, 9.17) is 0 Å². The van der Waals surface area contributed by atoms with Gasteiger partial charge in [0, 0.05) is 18.4 Å². The van der Waals surface area contributed by atoms with Gasteiger partial charge in [-0.2, -0.15) is 5.10 Å². The van der Waals surface area contributed by atoms with E-state index in [0.717, 1.165) is 43.0 Å². The fourth-order valence-corrected chi connectivity index (χ4v) is 2.04. The zero-order chi connectivity index (χ0) is 13.7. The molecule has 0 unspecified atom stereocenters. The van der Waals surface area contributed by atoms with Crippen LogP contribution in [0, 0.1) is 6.92 Å². The van der Waals surface area contributed by atoms with Crippen LogP contribution in [-0.2, 0) is 13.0 Å². The Hall–Kier alpha value is -1.68. The van der Waals surface area contributed by atoms with E-state index < -0.39 is 0 Å². The predicted octanol–water partition coefficient (Wildman–Crippen LogP) is 2.64. The molecule has 4 heteroatoms. The molecule has 19 heavy (non-hydrogen) atoms. The highest BCUT2D eigenvalue weighted by Crippen LogP contribution is 2.12. The summed E-state index contributed by atoms with van der Waals surface area (Å²) in [5.74, 6) is 0.909. The van der Waals surface area contributed by atoms with Crippen molar-refractivity contribution in [1.82, 2.24) is 20.1 Å². The second-order valence-corrected chi connectivity index (χ2v) is 4.82. The molecular formula is C15H22N4. The van der Waals surface area contributed by atoms with Crippen LogP contribution < -0.4 is 5.32 Å². The SMILES string of the molecule is CCCc1cc(CNCC)cc(-n2cc(C)cn2)n1. The van der Waals surface area contributed by atoms with Gasteiger partial charge in [-0.25, -0.2) is 9.67 Å². The van der Waals surface area contributed by atoms with Crippen LogP contribution in [0.1, 0.15) is 37.1 Å². The van der Waals surface area contributed by atoms with Gasteiger partial charge >= 0.3 is 0 Å². The van der Waals surface area contributed by atoms with Crippen LogP contribution >= 0.6 is 0 Å². The summed E-state index contributed by atoms with van der Waals surface area (Å²) < 4.78 is 1.85. The van der Waals surface area contributed by atoms with Gasteiger partial charge in [-0.3, -0.25) is 0 Å². The van der Waals surface area contributed by atoms with Crippen LogP contribution in [0.15, 0.2) is 24.5 Å². The topological polar surface area (TPSA) is 42.7 Å². The van der Waals surface area contributed by atoms with Crippen molar-refractivity contribution in [2.45, 2.75) is 40.2 Å². The molecule has 0 aliphatic heterocycles. The van der Waals surface area contributed by atoms with Crippen LogP contribution in [-0.4, -0.2) is 21.3 Å². The maximum absolute atomic E-state index is 4.69. The lowest BCUT2D eigenvalue weighted by atomic mass is 10.1. The van der Waals surface area contributed by atoms with E-state index >= 15 is 0 Å². The Kier molecular flexibility index (Phi) is 4.68. The monoisotopic (exact) mass is 258 g/mol. The molecule has 0 aliphatic rings. The van der Waals surface area contributed by atoms with E-state index in [9.17, 15) is 0 Å². The first kappa shape index (κ1) is 13.7. The number of rotatable bonds is 6. The molecule has 0 fully saturated rings. The first-order valence-corrected chi connectivity index (χ1v) is 6.95. The third-order valence-corrected chi connectivity index (χ3v) is 2.96. The quantitative estimate of drug-likeness (QED) is 0.866. The largest absolute Gasteiger partial charge is 0.313 e. The molecule has 0 amide bonds. The van der Waals surface area contributed by atoms with E-state index in [-0.39, 0.29) is 0 Å². The first-order valence-electron chi connectivity index (χ1n) is 6.95. The standard InChI is InChI=1S/C15H22N4/c1-4-6-14-7-13(10-16-5-2)8-15(18-14)19-11-12(3)9-17-19/h7-9,11,16H,4-6,10H2,1-3H3. The smallest absolute Gasteiger partial charge is 0.153 e. The average Bonchev–Trinajstić information content (AvgIpc) is 2.83. The number of hydrogen-bond donors (Lipinski definition) is 1. The van der Waals surface area contributed by atoms with E-state index in [0.29, 0.717) is 0 Å². The van der Waals surface area contributed by atoms with Gasteiger partial charge < -0.3 is 5.32 Å². The molecule has 0 atom stereocenters. The van der Waals surface area contributed by atoms with Crippen molar-refractivity contribution >= 4 is 0 Å². The average molecular weight is 258 g/mol. The van der Waals surface area contributed by atoms with E-state index in [1.807, 2.05) is 24.0 Å². The Labute approximate surface area is 114 Å². The Morgan fingerprint density at radius 3 is 2.74 bits per heavy atom. The second-order valence-electron chi connectivity index (χ2n) is 4.82. The lowest BCUT2D eigenvalue weighted by molar-refractivity contribution is 0.718. The van der Waals surface area contributed by atoms with Crippen molar-refractivity contribution in [2.75, 3.05) is 6.54 Å². The minimum Gasteiger partial charge on any atom is -0.313 e.